The Morgan fingerprint density at radius 3 is 2.81 bits per heavy atom. The van der Waals surface area contributed by atoms with Crippen LogP contribution in [0, 0.1) is 0 Å². The summed E-state index contributed by atoms with van der Waals surface area (Å²) in [7, 11) is 0. The summed E-state index contributed by atoms with van der Waals surface area (Å²) in [6.45, 7) is 2.03. The molecule has 0 atom stereocenters. The highest BCUT2D eigenvalue weighted by Gasteiger charge is 2.02. The van der Waals surface area contributed by atoms with E-state index in [1.807, 2.05) is 6.92 Å². The van der Waals surface area contributed by atoms with E-state index in [2.05, 4.69) is 0 Å². The summed E-state index contributed by atoms with van der Waals surface area (Å²) < 4.78 is 0. The van der Waals surface area contributed by atoms with Crippen LogP contribution >= 0.6 is 0 Å². The van der Waals surface area contributed by atoms with Crippen LogP contribution in [0.25, 0.3) is 6.08 Å². The highest BCUT2D eigenvalue weighted by atomic mass is 16.3. The van der Waals surface area contributed by atoms with Gasteiger partial charge in [-0.25, -0.2) is 0 Å². The van der Waals surface area contributed by atoms with Crippen LogP contribution in [-0.4, -0.2) is 16.0 Å². The second-order valence-corrected chi connectivity index (χ2v) is 3.62. The molecule has 0 heterocycles. The molecule has 2 N–H and O–H groups in total. The van der Waals surface area contributed by atoms with Gasteiger partial charge in [0.15, 0.2) is 17.3 Å². The number of allylic oxidation sites excluding steroid dienone is 1. The van der Waals surface area contributed by atoms with Crippen LogP contribution in [0.5, 0.6) is 11.5 Å². The van der Waals surface area contributed by atoms with Gasteiger partial charge >= 0.3 is 0 Å². The highest BCUT2D eigenvalue weighted by molar-refractivity contribution is 5.93. The molecule has 1 rings (SSSR count). The molecule has 0 unspecified atom stereocenters. The molecule has 0 saturated heterocycles. The summed E-state index contributed by atoms with van der Waals surface area (Å²) in [5, 5.41) is 18.7. The van der Waals surface area contributed by atoms with Crippen molar-refractivity contribution in [1.82, 2.24) is 0 Å². The van der Waals surface area contributed by atoms with Gasteiger partial charge in [0, 0.05) is 12.0 Å². The lowest BCUT2D eigenvalue weighted by Crippen LogP contribution is -1.91. The maximum absolute atomic E-state index is 11.3. The van der Waals surface area contributed by atoms with Gasteiger partial charge in [-0.2, -0.15) is 0 Å². The zero-order valence-corrected chi connectivity index (χ0v) is 9.31. The first-order chi connectivity index (χ1) is 7.65. The minimum Gasteiger partial charge on any atom is -0.504 e. The van der Waals surface area contributed by atoms with Gasteiger partial charge in [-0.3, -0.25) is 4.79 Å². The number of hydrogen-bond donors (Lipinski definition) is 2. The summed E-state index contributed by atoms with van der Waals surface area (Å²) in [5.74, 6) is -0.338. The molecule has 3 heteroatoms. The van der Waals surface area contributed by atoms with Crippen LogP contribution in [0.4, 0.5) is 0 Å². The number of carbonyl (C=O) groups excluding carboxylic acids is 1. The number of aromatic hydroxyl groups is 2. The van der Waals surface area contributed by atoms with E-state index in [1.54, 1.807) is 12.1 Å². The SMILES string of the molecule is CCCCC(=O)/C=C/c1cccc(O)c1O. The second-order valence-electron chi connectivity index (χ2n) is 3.62. The zero-order valence-electron chi connectivity index (χ0n) is 9.31. The molecule has 0 fully saturated rings. The Bertz CT molecular complexity index is 394. The first kappa shape index (κ1) is 12.3. The van der Waals surface area contributed by atoms with Crippen LogP contribution < -0.4 is 0 Å². The van der Waals surface area contributed by atoms with Crippen molar-refractivity contribution in [3.63, 3.8) is 0 Å². The highest BCUT2D eigenvalue weighted by Crippen LogP contribution is 2.28. The van der Waals surface area contributed by atoms with E-state index in [0.717, 1.165) is 12.8 Å². The van der Waals surface area contributed by atoms with Gasteiger partial charge in [-0.05, 0) is 24.6 Å². The fraction of sp³-hybridized carbons (Fsp3) is 0.308. The number of phenolic OH excluding ortho intramolecular Hbond substituents is 2. The van der Waals surface area contributed by atoms with E-state index in [9.17, 15) is 15.0 Å². The smallest absolute Gasteiger partial charge is 0.164 e. The minimum atomic E-state index is -0.193. The Morgan fingerprint density at radius 1 is 1.38 bits per heavy atom. The number of unbranched alkanes of at least 4 members (excludes halogenated alkanes) is 1. The number of carbonyl (C=O) groups is 1. The van der Waals surface area contributed by atoms with E-state index in [4.69, 9.17) is 0 Å². The van der Waals surface area contributed by atoms with E-state index in [1.165, 1.54) is 18.2 Å². The van der Waals surface area contributed by atoms with Crippen molar-refractivity contribution in [2.75, 3.05) is 0 Å². The van der Waals surface area contributed by atoms with Crippen LogP contribution in [0.2, 0.25) is 0 Å². The average molecular weight is 220 g/mol. The van der Waals surface area contributed by atoms with Crippen molar-refractivity contribution in [3.8, 4) is 11.5 Å². The van der Waals surface area contributed by atoms with E-state index >= 15 is 0 Å². The lowest BCUT2D eigenvalue weighted by atomic mass is 10.1. The van der Waals surface area contributed by atoms with Gasteiger partial charge in [0.1, 0.15) is 0 Å². The number of ketones is 1. The minimum absolute atomic E-state index is 0.0320. The van der Waals surface area contributed by atoms with Gasteiger partial charge in [0.05, 0.1) is 0 Å². The summed E-state index contributed by atoms with van der Waals surface area (Å²) in [6.07, 6.45) is 5.33. The maximum Gasteiger partial charge on any atom is 0.164 e. The lowest BCUT2D eigenvalue weighted by molar-refractivity contribution is -0.114. The zero-order chi connectivity index (χ0) is 12.0. The molecule has 1 aromatic rings. The van der Waals surface area contributed by atoms with Crippen LogP contribution in [0.1, 0.15) is 31.7 Å². The third-order valence-electron chi connectivity index (χ3n) is 2.27. The van der Waals surface area contributed by atoms with Gasteiger partial charge in [-0.1, -0.05) is 25.5 Å². The van der Waals surface area contributed by atoms with Crippen molar-refractivity contribution in [2.24, 2.45) is 0 Å². The molecule has 1 aromatic carbocycles. The summed E-state index contributed by atoms with van der Waals surface area (Å²) in [6, 6.07) is 4.65. The second kappa shape index (κ2) is 5.95. The molecule has 0 aliphatic heterocycles. The normalized spacial score (nSPS) is 10.8. The Kier molecular flexibility index (Phi) is 4.58. The fourth-order valence-electron chi connectivity index (χ4n) is 1.30. The third kappa shape index (κ3) is 3.42. The first-order valence-corrected chi connectivity index (χ1v) is 5.37. The molecule has 0 radical (unpaired) electrons. The molecule has 0 aromatic heterocycles. The topological polar surface area (TPSA) is 57.5 Å². The Morgan fingerprint density at radius 2 is 2.12 bits per heavy atom. The molecule has 0 aliphatic carbocycles. The van der Waals surface area contributed by atoms with Gasteiger partial charge < -0.3 is 10.2 Å². The summed E-state index contributed by atoms with van der Waals surface area (Å²) >= 11 is 0. The van der Waals surface area contributed by atoms with Crippen molar-refractivity contribution in [3.05, 3.63) is 29.8 Å². The van der Waals surface area contributed by atoms with Gasteiger partial charge in [-0.15, -0.1) is 0 Å². The van der Waals surface area contributed by atoms with E-state index in [0.29, 0.717) is 12.0 Å². The molecule has 0 aliphatic rings. The van der Waals surface area contributed by atoms with Crippen molar-refractivity contribution in [1.29, 1.82) is 0 Å². The maximum atomic E-state index is 11.3. The fourth-order valence-corrected chi connectivity index (χ4v) is 1.30. The largest absolute Gasteiger partial charge is 0.504 e. The average Bonchev–Trinajstić information content (AvgIpc) is 2.28. The molecule has 0 saturated carbocycles. The molecule has 0 spiro atoms. The number of phenols is 2. The number of rotatable bonds is 5. The molecular formula is C13H16O3. The molecular weight excluding hydrogens is 204 g/mol. The predicted molar refractivity (Wildman–Crippen MR) is 63.3 cm³/mol. The van der Waals surface area contributed by atoms with Crippen LogP contribution in [0.15, 0.2) is 24.3 Å². The predicted octanol–water partition coefficient (Wildman–Crippen LogP) is 2.87. The van der Waals surface area contributed by atoms with E-state index in [-0.39, 0.29) is 17.3 Å². The Hall–Kier alpha value is -1.77. The monoisotopic (exact) mass is 220 g/mol. The lowest BCUT2D eigenvalue weighted by Gasteiger charge is -2.00. The van der Waals surface area contributed by atoms with Gasteiger partial charge in [0.25, 0.3) is 0 Å². The van der Waals surface area contributed by atoms with Crippen molar-refractivity contribution in [2.45, 2.75) is 26.2 Å². The molecule has 16 heavy (non-hydrogen) atoms. The van der Waals surface area contributed by atoms with Gasteiger partial charge in [0.2, 0.25) is 0 Å². The number of benzene rings is 1. The summed E-state index contributed by atoms with van der Waals surface area (Å²) in [5.41, 5.74) is 0.449. The van der Waals surface area contributed by atoms with Crippen LogP contribution in [0.3, 0.4) is 0 Å². The standard InChI is InChI=1S/C13H16O3/c1-2-3-6-11(14)9-8-10-5-4-7-12(15)13(10)16/h4-5,7-9,15-16H,2-3,6H2,1H3/b9-8+. The first-order valence-electron chi connectivity index (χ1n) is 5.37. The summed E-state index contributed by atoms with van der Waals surface area (Å²) in [4.78, 5) is 11.3. The molecule has 0 amide bonds. The molecule has 86 valence electrons. The number of para-hydroxylation sites is 1. The quantitative estimate of drug-likeness (QED) is 0.592. The Balaban J connectivity index is 2.69. The third-order valence-corrected chi connectivity index (χ3v) is 2.27. The Labute approximate surface area is 95.0 Å². The molecule has 3 nitrogen and oxygen atoms in total. The number of hydrogen-bond acceptors (Lipinski definition) is 3. The molecule has 0 bridgehead atoms. The van der Waals surface area contributed by atoms with Crippen molar-refractivity contribution < 1.29 is 15.0 Å². The van der Waals surface area contributed by atoms with Crippen molar-refractivity contribution >= 4 is 11.9 Å². The van der Waals surface area contributed by atoms with E-state index < -0.39 is 0 Å². The van der Waals surface area contributed by atoms with Crippen LogP contribution in [-0.2, 0) is 4.79 Å².